The van der Waals surface area contributed by atoms with E-state index in [9.17, 15) is 8.78 Å². The van der Waals surface area contributed by atoms with Gasteiger partial charge in [0.25, 0.3) is 0 Å². The predicted molar refractivity (Wildman–Crippen MR) is 82.3 cm³/mol. The highest BCUT2D eigenvalue weighted by atomic mass is 19.2. The number of hydrogen-bond acceptors (Lipinski definition) is 1. The molecule has 2 rings (SSSR count). The van der Waals surface area contributed by atoms with Crippen molar-refractivity contribution in [2.75, 3.05) is 6.61 Å². The van der Waals surface area contributed by atoms with E-state index in [2.05, 4.69) is 6.08 Å². The minimum atomic E-state index is -0.877. The van der Waals surface area contributed by atoms with Crippen LogP contribution in [0, 0.1) is 17.6 Å². The van der Waals surface area contributed by atoms with Gasteiger partial charge in [-0.1, -0.05) is 25.2 Å². The summed E-state index contributed by atoms with van der Waals surface area (Å²) in [6, 6.07) is 3.16. The van der Waals surface area contributed by atoms with Gasteiger partial charge >= 0.3 is 0 Å². The molecule has 0 aromatic heterocycles. The lowest BCUT2D eigenvalue weighted by atomic mass is 9.86. The Labute approximate surface area is 125 Å². The van der Waals surface area contributed by atoms with Gasteiger partial charge in [0.15, 0.2) is 11.6 Å². The molecule has 3 heteroatoms. The third kappa shape index (κ3) is 3.72. The minimum Gasteiger partial charge on any atom is -0.490 e. The van der Waals surface area contributed by atoms with Crippen LogP contribution in [0.25, 0.3) is 5.57 Å². The Morgan fingerprint density at radius 3 is 2.71 bits per heavy atom. The van der Waals surface area contributed by atoms with E-state index < -0.39 is 11.6 Å². The molecule has 0 fully saturated rings. The summed E-state index contributed by atoms with van der Waals surface area (Å²) in [6.07, 6.45) is 9.65. The van der Waals surface area contributed by atoms with Crippen molar-refractivity contribution in [3.05, 3.63) is 47.6 Å². The van der Waals surface area contributed by atoms with E-state index in [-0.39, 0.29) is 5.75 Å². The summed E-state index contributed by atoms with van der Waals surface area (Å²) in [7, 11) is 0. The molecule has 0 N–H and O–H groups in total. The van der Waals surface area contributed by atoms with Gasteiger partial charge in [-0.15, -0.1) is 0 Å². The van der Waals surface area contributed by atoms with Crippen molar-refractivity contribution in [3.63, 3.8) is 0 Å². The molecule has 1 aromatic carbocycles. The Bertz CT molecular complexity index is 546. The van der Waals surface area contributed by atoms with Gasteiger partial charge < -0.3 is 4.74 Å². The first kappa shape index (κ1) is 15.7. The van der Waals surface area contributed by atoms with Crippen molar-refractivity contribution >= 4 is 5.57 Å². The summed E-state index contributed by atoms with van der Waals surface area (Å²) in [6.45, 7) is 4.32. The topological polar surface area (TPSA) is 9.23 Å². The molecule has 0 radical (unpaired) electrons. The highest BCUT2D eigenvalue weighted by molar-refractivity contribution is 5.67. The van der Waals surface area contributed by atoms with Crippen molar-refractivity contribution < 1.29 is 13.5 Å². The molecule has 1 nitrogen and oxygen atoms in total. The van der Waals surface area contributed by atoms with Gasteiger partial charge in [-0.3, -0.25) is 0 Å². The van der Waals surface area contributed by atoms with Gasteiger partial charge in [0.2, 0.25) is 5.82 Å². The summed E-state index contributed by atoms with van der Waals surface area (Å²) in [5.74, 6) is -1.16. The standard InChI is InChI=1S/C18H22F2O/c1-3-5-13-6-8-14(9-7-13)15-10-11-16(21-12-4-2)18(20)17(15)19/h3,5,8,10-11,13H,4,6-7,9,12H2,1-2H3/b5-3+. The molecule has 0 saturated carbocycles. The van der Waals surface area contributed by atoms with E-state index in [1.54, 1.807) is 6.07 Å². The van der Waals surface area contributed by atoms with Crippen LogP contribution in [0.4, 0.5) is 8.78 Å². The Morgan fingerprint density at radius 2 is 2.10 bits per heavy atom. The fourth-order valence-corrected chi connectivity index (χ4v) is 2.65. The fraction of sp³-hybridized carbons (Fsp3) is 0.444. The molecular formula is C18H22F2O. The summed E-state index contributed by atoms with van der Waals surface area (Å²) in [5, 5.41) is 0. The Morgan fingerprint density at radius 1 is 1.29 bits per heavy atom. The number of halogens is 2. The maximum Gasteiger partial charge on any atom is 0.201 e. The molecule has 1 aliphatic rings. The second-order valence-electron chi connectivity index (χ2n) is 5.38. The van der Waals surface area contributed by atoms with E-state index in [4.69, 9.17) is 4.74 Å². The molecule has 1 aromatic rings. The van der Waals surface area contributed by atoms with Crippen LogP contribution in [0.1, 0.15) is 45.1 Å². The zero-order chi connectivity index (χ0) is 15.2. The van der Waals surface area contributed by atoms with Gasteiger partial charge in [-0.05, 0) is 56.2 Å². The van der Waals surface area contributed by atoms with Crippen LogP contribution in [-0.2, 0) is 0 Å². The molecule has 0 amide bonds. The Kier molecular flexibility index (Phi) is 5.54. The van der Waals surface area contributed by atoms with Crippen LogP contribution in [-0.4, -0.2) is 6.61 Å². The second-order valence-corrected chi connectivity index (χ2v) is 5.38. The first-order chi connectivity index (χ1) is 10.2. The second kappa shape index (κ2) is 7.39. The van der Waals surface area contributed by atoms with Gasteiger partial charge in [0.1, 0.15) is 0 Å². The minimum absolute atomic E-state index is 0.00121. The van der Waals surface area contributed by atoms with Crippen molar-refractivity contribution in [2.24, 2.45) is 5.92 Å². The Balaban J connectivity index is 2.20. The molecule has 0 bridgehead atoms. The number of ether oxygens (including phenoxy) is 1. The highest BCUT2D eigenvalue weighted by Gasteiger charge is 2.20. The monoisotopic (exact) mass is 292 g/mol. The lowest BCUT2D eigenvalue weighted by molar-refractivity contribution is 0.295. The maximum absolute atomic E-state index is 14.2. The van der Waals surface area contributed by atoms with Gasteiger partial charge in [0.05, 0.1) is 6.61 Å². The molecule has 0 aliphatic heterocycles. The van der Waals surface area contributed by atoms with E-state index in [0.29, 0.717) is 18.1 Å². The number of hydrogen-bond donors (Lipinski definition) is 0. The average molecular weight is 292 g/mol. The quantitative estimate of drug-likeness (QED) is 0.650. The van der Waals surface area contributed by atoms with Crippen LogP contribution in [0.5, 0.6) is 5.75 Å². The number of benzene rings is 1. The molecular weight excluding hydrogens is 270 g/mol. The Hall–Kier alpha value is -1.64. The van der Waals surface area contributed by atoms with Gasteiger partial charge in [-0.2, -0.15) is 4.39 Å². The third-order valence-electron chi connectivity index (χ3n) is 3.77. The number of allylic oxidation sites excluding steroid dienone is 4. The molecule has 0 heterocycles. The molecule has 1 unspecified atom stereocenters. The highest BCUT2D eigenvalue weighted by Crippen LogP contribution is 2.34. The van der Waals surface area contributed by atoms with E-state index in [1.807, 2.05) is 26.0 Å². The lowest BCUT2D eigenvalue weighted by Crippen LogP contribution is -2.06. The molecule has 1 aliphatic carbocycles. The predicted octanol–water partition coefficient (Wildman–Crippen LogP) is 5.51. The van der Waals surface area contributed by atoms with Crippen LogP contribution in [0.2, 0.25) is 0 Å². The first-order valence-corrected chi connectivity index (χ1v) is 7.60. The maximum atomic E-state index is 14.2. The van der Waals surface area contributed by atoms with E-state index >= 15 is 0 Å². The normalized spacial score (nSPS) is 18.9. The van der Waals surface area contributed by atoms with Crippen molar-refractivity contribution in [2.45, 2.75) is 39.5 Å². The van der Waals surface area contributed by atoms with Crippen LogP contribution in [0.15, 0.2) is 30.4 Å². The summed E-state index contributed by atoms with van der Waals surface area (Å²) in [5.41, 5.74) is 1.27. The summed E-state index contributed by atoms with van der Waals surface area (Å²) in [4.78, 5) is 0. The SMILES string of the molecule is C/C=C/C1CC=C(c2ccc(OCCC)c(F)c2F)CC1. The van der Waals surface area contributed by atoms with Crippen molar-refractivity contribution in [1.29, 1.82) is 0 Å². The van der Waals surface area contributed by atoms with Crippen LogP contribution in [0.3, 0.4) is 0 Å². The molecule has 0 saturated heterocycles. The average Bonchev–Trinajstić information content (AvgIpc) is 2.50. The molecule has 1 atom stereocenters. The largest absolute Gasteiger partial charge is 0.490 e. The lowest BCUT2D eigenvalue weighted by Gasteiger charge is -2.20. The van der Waals surface area contributed by atoms with Crippen LogP contribution < -0.4 is 4.74 Å². The molecule has 114 valence electrons. The third-order valence-corrected chi connectivity index (χ3v) is 3.77. The summed E-state index contributed by atoms with van der Waals surface area (Å²) < 4.78 is 33.4. The van der Waals surface area contributed by atoms with E-state index in [0.717, 1.165) is 31.3 Å². The first-order valence-electron chi connectivity index (χ1n) is 7.60. The zero-order valence-electron chi connectivity index (χ0n) is 12.7. The fourth-order valence-electron chi connectivity index (χ4n) is 2.65. The van der Waals surface area contributed by atoms with Crippen molar-refractivity contribution in [1.82, 2.24) is 0 Å². The molecule has 0 spiro atoms. The zero-order valence-corrected chi connectivity index (χ0v) is 12.7. The summed E-state index contributed by atoms with van der Waals surface area (Å²) >= 11 is 0. The van der Waals surface area contributed by atoms with E-state index in [1.165, 1.54) is 6.07 Å². The number of rotatable bonds is 5. The molecule has 21 heavy (non-hydrogen) atoms. The smallest absolute Gasteiger partial charge is 0.201 e. The van der Waals surface area contributed by atoms with Crippen molar-refractivity contribution in [3.8, 4) is 5.75 Å². The van der Waals surface area contributed by atoms with Gasteiger partial charge in [0, 0.05) is 5.56 Å². The van der Waals surface area contributed by atoms with Crippen LogP contribution >= 0.6 is 0 Å². The van der Waals surface area contributed by atoms with Gasteiger partial charge in [-0.25, -0.2) is 4.39 Å².